The Morgan fingerprint density at radius 3 is 2.30 bits per heavy atom. The Bertz CT molecular complexity index is 768. The fourth-order valence-corrected chi connectivity index (χ4v) is 3.38. The number of carbonyl (C=O) groups is 1. The van der Waals surface area contributed by atoms with E-state index >= 15 is 0 Å². The molecule has 144 valence electrons. The molecule has 0 aromatic heterocycles. The van der Waals surface area contributed by atoms with E-state index in [2.05, 4.69) is 17.4 Å². The van der Waals surface area contributed by atoms with Crippen molar-refractivity contribution in [1.29, 1.82) is 0 Å². The molecule has 4 nitrogen and oxygen atoms in total. The molecule has 27 heavy (non-hydrogen) atoms. The maximum atomic E-state index is 12.6. The number of nitrogens with one attached hydrogen (secondary N) is 1. The zero-order valence-electron chi connectivity index (χ0n) is 16.5. The maximum absolute atomic E-state index is 12.6. The van der Waals surface area contributed by atoms with Crippen LogP contribution in [0.3, 0.4) is 0 Å². The van der Waals surface area contributed by atoms with Crippen molar-refractivity contribution in [2.75, 3.05) is 5.32 Å². The molecule has 0 fully saturated rings. The molecule has 2 aromatic rings. The van der Waals surface area contributed by atoms with E-state index < -0.39 is 6.10 Å². The summed E-state index contributed by atoms with van der Waals surface area (Å²) in [7, 11) is 0. The van der Waals surface area contributed by atoms with Crippen LogP contribution in [0.4, 0.5) is 5.69 Å². The topological polar surface area (TPSA) is 47.6 Å². The van der Waals surface area contributed by atoms with Crippen molar-refractivity contribution >= 4 is 11.6 Å². The van der Waals surface area contributed by atoms with Crippen molar-refractivity contribution in [2.45, 2.75) is 65.1 Å². The molecule has 1 amide bonds. The first-order valence-electron chi connectivity index (χ1n) is 9.91. The van der Waals surface area contributed by atoms with Gasteiger partial charge in [-0.1, -0.05) is 13.0 Å². The van der Waals surface area contributed by atoms with Gasteiger partial charge in [0.15, 0.2) is 6.10 Å². The standard InChI is InChI=1S/C23H29NO3/c1-4-22(27-21-12-9-17-7-5-6-8-18(17)15-21)23(25)24-19-10-13-20(14-11-19)26-16(2)3/h9-16,22H,4-8H2,1-3H3,(H,24,25). The SMILES string of the molecule is CCC(Oc1ccc2c(c1)CCCC2)C(=O)Nc1ccc(OC(C)C)cc1. The first-order valence-corrected chi connectivity index (χ1v) is 9.91. The molecule has 4 heteroatoms. The molecule has 0 heterocycles. The van der Waals surface area contributed by atoms with Crippen LogP contribution in [0.25, 0.3) is 0 Å². The van der Waals surface area contributed by atoms with Crippen LogP contribution in [0.1, 0.15) is 51.2 Å². The largest absolute Gasteiger partial charge is 0.491 e. The van der Waals surface area contributed by atoms with E-state index in [1.165, 1.54) is 24.0 Å². The summed E-state index contributed by atoms with van der Waals surface area (Å²) in [5.41, 5.74) is 3.51. The molecule has 0 radical (unpaired) electrons. The van der Waals surface area contributed by atoms with Crippen molar-refractivity contribution in [3.63, 3.8) is 0 Å². The minimum atomic E-state index is -0.516. The van der Waals surface area contributed by atoms with Crippen LogP contribution in [0.5, 0.6) is 11.5 Å². The van der Waals surface area contributed by atoms with E-state index in [4.69, 9.17) is 9.47 Å². The first kappa shape index (κ1) is 19.3. The van der Waals surface area contributed by atoms with Crippen molar-refractivity contribution in [2.24, 2.45) is 0 Å². The summed E-state index contributed by atoms with van der Waals surface area (Å²) in [6.45, 7) is 5.93. The van der Waals surface area contributed by atoms with Crippen molar-refractivity contribution in [1.82, 2.24) is 0 Å². The lowest BCUT2D eigenvalue weighted by Gasteiger charge is -2.20. The zero-order valence-corrected chi connectivity index (χ0v) is 16.5. The van der Waals surface area contributed by atoms with Crippen LogP contribution < -0.4 is 14.8 Å². The Hall–Kier alpha value is -2.49. The Kier molecular flexibility index (Phi) is 6.38. The summed E-state index contributed by atoms with van der Waals surface area (Å²) < 4.78 is 11.6. The zero-order chi connectivity index (χ0) is 19.2. The second-order valence-electron chi connectivity index (χ2n) is 7.33. The monoisotopic (exact) mass is 367 g/mol. The van der Waals surface area contributed by atoms with Gasteiger partial charge in [-0.05, 0) is 93.5 Å². The number of anilines is 1. The first-order chi connectivity index (χ1) is 13.0. The minimum Gasteiger partial charge on any atom is -0.491 e. The lowest BCUT2D eigenvalue weighted by molar-refractivity contribution is -0.122. The molecule has 1 aliphatic rings. The van der Waals surface area contributed by atoms with Gasteiger partial charge in [0, 0.05) is 5.69 Å². The van der Waals surface area contributed by atoms with Crippen molar-refractivity contribution in [3.8, 4) is 11.5 Å². The van der Waals surface area contributed by atoms with Gasteiger partial charge in [0.2, 0.25) is 0 Å². The lowest BCUT2D eigenvalue weighted by Crippen LogP contribution is -2.32. The highest BCUT2D eigenvalue weighted by molar-refractivity contribution is 5.94. The fraction of sp³-hybridized carbons (Fsp3) is 0.435. The van der Waals surface area contributed by atoms with E-state index in [-0.39, 0.29) is 12.0 Å². The quantitative estimate of drug-likeness (QED) is 0.736. The predicted molar refractivity (Wildman–Crippen MR) is 109 cm³/mol. The number of amides is 1. The lowest BCUT2D eigenvalue weighted by atomic mass is 9.92. The highest BCUT2D eigenvalue weighted by Gasteiger charge is 2.19. The molecule has 2 aromatic carbocycles. The number of carbonyl (C=O) groups excluding carboxylic acids is 1. The predicted octanol–water partition coefficient (Wildman–Crippen LogP) is 5.15. The van der Waals surface area contributed by atoms with Gasteiger partial charge in [0.05, 0.1) is 6.10 Å². The highest BCUT2D eigenvalue weighted by atomic mass is 16.5. The summed E-state index contributed by atoms with van der Waals surface area (Å²) >= 11 is 0. The Balaban J connectivity index is 1.62. The van der Waals surface area contributed by atoms with Gasteiger partial charge < -0.3 is 14.8 Å². The number of aryl methyl sites for hydroxylation is 2. The van der Waals surface area contributed by atoms with E-state index in [1.54, 1.807) is 0 Å². The second kappa shape index (κ2) is 8.94. The third-order valence-corrected chi connectivity index (χ3v) is 4.76. The number of hydrogen-bond donors (Lipinski definition) is 1. The third-order valence-electron chi connectivity index (χ3n) is 4.76. The Morgan fingerprint density at radius 1 is 0.963 bits per heavy atom. The van der Waals surface area contributed by atoms with Crippen molar-refractivity contribution < 1.29 is 14.3 Å². The second-order valence-corrected chi connectivity index (χ2v) is 7.33. The van der Waals surface area contributed by atoms with Gasteiger partial charge in [-0.25, -0.2) is 0 Å². The average molecular weight is 367 g/mol. The van der Waals surface area contributed by atoms with Crippen LogP contribution in [0, 0.1) is 0 Å². The van der Waals surface area contributed by atoms with E-state index in [0.29, 0.717) is 6.42 Å². The third kappa shape index (κ3) is 5.25. The van der Waals surface area contributed by atoms with Gasteiger partial charge in [-0.2, -0.15) is 0 Å². The molecule has 0 saturated heterocycles. The van der Waals surface area contributed by atoms with Crippen molar-refractivity contribution in [3.05, 3.63) is 53.6 Å². The van der Waals surface area contributed by atoms with Gasteiger partial charge in [-0.3, -0.25) is 4.79 Å². The molecule has 1 N–H and O–H groups in total. The molecular weight excluding hydrogens is 338 g/mol. The summed E-state index contributed by atoms with van der Waals surface area (Å²) in [6.07, 6.45) is 4.94. The van der Waals surface area contributed by atoms with Gasteiger partial charge in [-0.15, -0.1) is 0 Å². The number of rotatable bonds is 7. The number of benzene rings is 2. The normalized spacial score (nSPS) is 14.4. The highest BCUT2D eigenvalue weighted by Crippen LogP contribution is 2.26. The van der Waals surface area contributed by atoms with Gasteiger partial charge >= 0.3 is 0 Å². The van der Waals surface area contributed by atoms with Crippen LogP contribution in [0.15, 0.2) is 42.5 Å². The van der Waals surface area contributed by atoms with Gasteiger partial charge in [0.1, 0.15) is 11.5 Å². The summed E-state index contributed by atoms with van der Waals surface area (Å²) in [4.78, 5) is 12.6. The molecule has 1 unspecified atom stereocenters. The summed E-state index contributed by atoms with van der Waals surface area (Å²) in [6, 6.07) is 13.6. The molecule has 0 spiro atoms. The summed E-state index contributed by atoms with van der Waals surface area (Å²) in [5, 5.41) is 2.94. The molecule has 0 bridgehead atoms. The van der Waals surface area contributed by atoms with E-state index in [1.807, 2.05) is 51.1 Å². The van der Waals surface area contributed by atoms with Gasteiger partial charge in [0.25, 0.3) is 5.91 Å². The number of fused-ring (bicyclic) bond motifs is 1. The Morgan fingerprint density at radius 2 is 1.63 bits per heavy atom. The number of ether oxygens (including phenoxy) is 2. The van der Waals surface area contributed by atoms with Crippen LogP contribution in [-0.2, 0) is 17.6 Å². The fourth-order valence-electron chi connectivity index (χ4n) is 3.38. The smallest absolute Gasteiger partial charge is 0.265 e. The summed E-state index contributed by atoms with van der Waals surface area (Å²) in [5.74, 6) is 1.44. The van der Waals surface area contributed by atoms with Crippen LogP contribution in [0.2, 0.25) is 0 Å². The molecule has 3 rings (SSSR count). The van der Waals surface area contributed by atoms with Crippen LogP contribution in [-0.4, -0.2) is 18.1 Å². The molecule has 1 aliphatic carbocycles. The average Bonchev–Trinajstić information content (AvgIpc) is 2.67. The number of hydrogen-bond acceptors (Lipinski definition) is 3. The van der Waals surface area contributed by atoms with E-state index in [0.717, 1.165) is 30.0 Å². The molecule has 1 atom stereocenters. The van der Waals surface area contributed by atoms with Crippen LogP contribution >= 0.6 is 0 Å². The molecular formula is C23H29NO3. The minimum absolute atomic E-state index is 0.125. The van der Waals surface area contributed by atoms with E-state index in [9.17, 15) is 4.79 Å². The molecule has 0 aliphatic heterocycles. The maximum Gasteiger partial charge on any atom is 0.265 e. The molecule has 0 saturated carbocycles. The Labute approximate surface area is 161 Å².